The lowest BCUT2D eigenvalue weighted by molar-refractivity contribution is -0.136. The van der Waals surface area contributed by atoms with Gasteiger partial charge >= 0.3 is 0 Å². The summed E-state index contributed by atoms with van der Waals surface area (Å²) in [5, 5.41) is 5.53. The van der Waals surface area contributed by atoms with Gasteiger partial charge in [0.15, 0.2) is 0 Å². The van der Waals surface area contributed by atoms with E-state index in [2.05, 4.69) is 10.6 Å². The monoisotopic (exact) mass is 420 g/mol. The number of hydrogen-bond acceptors (Lipinski definition) is 6. The van der Waals surface area contributed by atoms with E-state index >= 15 is 0 Å². The van der Waals surface area contributed by atoms with E-state index in [1.807, 2.05) is 31.2 Å². The van der Waals surface area contributed by atoms with Crippen LogP contribution in [0, 0.1) is 0 Å². The van der Waals surface area contributed by atoms with Gasteiger partial charge in [0.05, 0.1) is 11.1 Å². The van der Waals surface area contributed by atoms with Crippen LogP contribution >= 0.6 is 0 Å². The molecule has 31 heavy (non-hydrogen) atoms. The molecule has 0 aromatic heterocycles. The fourth-order valence-electron chi connectivity index (χ4n) is 3.92. The van der Waals surface area contributed by atoms with Crippen LogP contribution in [0.5, 0.6) is 0 Å². The molecule has 2 aliphatic heterocycles. The van der Waals surface area contributed by atoms with Gasteiger partial charge in [0.1, 0.15) is 6.04 Å². The molecule has 160 valence electrons. The number of carbonyl (C=O) groups is 4. The van der Waals surface area contributed by atoms with Crippen LogP contribution in [0.4, 0.5) is 0 Å². The number of nitrogens with two attached hydrogens (primary N) is 1. The Labute approximate surface area is 179 Å². The first-order valence-corrected chi connectivity index (χ1v) is 10.2. The van der Waals surface area contributed by atoms with Crippen molar-refractivity contribution in [2.75, 3.05) is 0 Å². The van der Waals surface area contributed by atoms with Crippen molar-refractivity contribution in [3.63, 3.8) is 0 Å². The lowest BCUT2D eigenvalue weighted by Gasteiger charge is -2.27. The Hall–Kier alpha value is -3.36. The van der Waals surface area contributed by atoms with Gasteiger partial charge in [-0.2, -0.15) is 0 Å². The number of amides is 4. The zero-order valence-corrected chi connectivity index (χ0v) is 17.2. The summed E-state index contributed by atoms with van der Waals surface area (Å²) in [5.41, 5.74) is 9.48. The number of nitrogens with one attached hydrogen (secondary N) is 2. The number of fused-ring (bicyclic) bond motifs is 1. The van der Waals surface area contributed by atoms with Crippen molar-refractivity contribution in [3.05, 3.63) is 70.3 Å². The first-order valence-electron chi connectivity index (χ1n) is 10.2. The molecule has 2 heterocycles. The Morgan fingerprint density at radius 2 is 1.65 bits per heavy atom. The molecule has 2 unspecified atom stereocenters. The summed E-state index contributed by atoms with van der Waals surface area (Å²) in [6.07, 6.45) is 0.246. The number of hydrogen-bond donors (Lipinski definition) is 3. The normalized spacial score (nSPS) is 19.4. The molecule has 8 nitrogen and oxygen atoms in total. The highest BCUT2D eigenvalue weighted by Crippen LogP contribution is 2.28. The third kappa shape index (κ3) is 4.12. The summed E-state index contributed by atoms with van der Waals surface area (Å²) in [6.45, 7) is 3.10. The topological polar surface area (TPSA) is 122 Å². The van der Waals surface area contributed by atoms with Crippen LogP contribution in [0.15, 0.2) is 42.5 Å². The molecule has 4 amide bonds. The molecule has 1 fully saturated rings. The Morgan fingerprint density at radius 3 is 2.32 bits per heavy atom. The van der Waals surface area contributed by atoms with Gasteiger partial charge in [-0.25, -0.2) is 0 Å². The van der Waals surface area contributed by atoms with E-state index in [4.69, 9.17) is 5.73 Å². The predicted octanol–water partition coefficient (Wildman–Crippen LogP) is 1.40. The fraction of sp³-hybridized carbons (Fsp3) is 0.304. The number of imide groups is 2. The van der Waals surface area contributed by atoms with Crippen molar-refractivity contribution in [2.24, 2.45) is 5.73 Å². The summed E-state index contributed by atoms with van der Waals surface area (Å²) >= 11 is 0. The van der Waals surface area contributed by atoms with Crippen molar-refractivity contribution < 1.29 is 19.2 Å². The average molecular weight is 420 g/mol. The third-order valence-electron chi connectivity index (χ3n) is 5.67. The van der Waals surface area contributed by atoms with Gasteiger partial charge in [0, 0.05) is 25.6 Å². The van der Waals surface area contributed by atoms with Gasteiger partial charge < -0.3 is 11.1 Å². The molecular formula is C23H24N4O4. The molecule has 2 aromatic rings. The quantitative estimate of drug-likeness (QED) is 0.608. The van der Waals surface area contributed by atoms with E-state index in [0.717, 1.165) is 21.6 Å². The Balaban J connectivity index is 1.42. The molecule has 1 saturated heterocycles. The molecule has 0 bridgehead atoms. The lowest BCUT2D eigenvalue weighted by atomic mass is 10.0. The highest BCUT2D eigenvalue weighted by Gasteiger charge is 2.44. The number of nitrogens with zero attached hydrogens (tertiary/aromatic N) is 1. The lowest BCUT2D eigenvalue weighted by Crippen LogP contribution is -2.54. The Bertz CT molecular complexity index is 1060. The van der Waals surface area contributed by atoms with Gasteiger partial charge in [-0.1, -0.05) is 30.3 Å². The van der Waals surface area contributed by atoms with Crippen molar-refractivity contribution >= 4 is 23.6 Å². The van der Waals surface area contributed by atoms with Gasteiger partial charge in [0.2, 0.25) is 11.8 Å². The van der Waals surface area contributed by atoms with Crippen LogP contribution in [-0.4, -0.2) is 34.6 Å². The smallest absolute Gasteiger partial charge is 0.262 e. The molecule has 2 atom stereocenters. The van der Waals surface area contributed by atoms with E-state index in [0.29, 0.717) is 13.1 Å². The SMILES string of the molecule is CC(N)c1ccc(CNCc2ccc3c(c2)C(=O)N(C2CCC(=O)NC2=O)C3=O)cc1. The summed E-state index contributed by atoms with van der Waals surface area (Å²) in [7, 11) is 0. The summed E-state index contributed by atoms with van der Waals surface area (Å²) in [5.74, 6) is -1.99. The standard InChI is InChI=1S/C23H24N4O4/c1-13(24)16-5-2-14(3-6-16)11-25-12-15-4-7-17-18(10-15)23(31)27(22(17)30)19-8-9-20(28)26-21(19)29/h2-7,10,13,19,25H,8-9,11-12,24H2,1H3,(H,26,28,29). The molecule has 0 spiro atoms. The van der Waals surface area contributed by atoms with Crippen LogP contribution in [0.25, 0.3) is 0 Å². The number of benzene rings is 2. The largest absolute Gasteiger partial charge is 0.324 e. The van der Waals surface area contributed by atoms with E-state index < -0.39 is 29.7 Å². The van der Waals surface area contributed by atoms with Crippen LogP contribution in [-0.2, 0) is 22.7 Å². The molecule has 2 aliphatic rings. The molecule has 0 saturated carbocycles. The zero-order valence-electron chi connectivity index (χ0n) is 17.2. The molecule has 4 rings (SSSR count). The highest BCUT2D eigenvalue weighted by molar-refractivity contribution is 6.23. The molecule has 8 heteroatoms. The van der Waals surface area contributed by atoms with E-state index in [1.165, 1.54) is 0 Å². The van der Waals surface area contributed by atoms with Gasteiger partial charge in [0.25, 0.3) is 11.8 Å². The number of carbonyl (C=O) groups excluding carboxylic acids is 4. The van der Waals surface area contributed by atoms with Crippen molar-refractivity contribution in [3.8, 4) is 0 Å². The summed E-state index contributed by atoms with van der Waals surface area (Å²) in [6, 6.07) is 12.2. The molecule has 0 radical (unpaired) electrons. The molecular weight excluding hydrogens is 396 g/mol. The van der Waals surface area contributed by atoms with Crippen LogP contribution in [0.2, 0.25) is 0 Å². The maximum atomic E-state index is 12.9. The second-order valence-corrected chi connectivity index (χ2v) is 7.96. The number of rotatable bonds is 6. The molecule has 0 aliphatic carbocycles. The Morgan fingerprint density at radius 1 is 1.00 bits per heavy atom. The minimum Gasteiger partial charge on any atom is -0.324 e. The summed E-state index contributed by atoms with van der Waals surface area (Å²) < 4.78 is 0. The van der Waals surface area contributed by atoms with Crippen LogP contribution < -0.4 is 16.4 Å². The van der Waals surface area contributed by atoms with Gasteiger partial charge in [-0.05, 0) is 42.2 Å². The maximum Gasteiger partial charge on any atom is 0.262 e. The second-order valence-electron chi connectivity index (χ2n) is 7.96. The predicted molar refractivity (Wildman–Crippen MR) is 113 cm³/mol. The third-order valence-corrected chi connectivity index (χ3v) is 5.67. The minimum absolute atomic E-state index is 0.00610. The Kier molecular flexibility index (Phi) is 5.67. The van der Waals surface area contributed by atoms with Gasteiger partial charge in [-0.3, -0.25) is 29.4 Å². The van der Waals surface area contributed by atoms with Crippen LogP contribution in [0.3, 0.4) is 0 Å². The summed E-state index contributed by atoms with van der Waals surface area (Å²) in [4.78, 5) is 50.1. The fourth-order valence-corrected chi connectivity index (χ4v) is 3.92. The van der Waals surface area contributed by atoms with Gasteiger partial charge in [-0.15, -0.1) is 0 Å². The average Bonchev–Trinajstić information content (AvgIpc) is 2.99. The van der Waals surface area contributed by atoms with Crippen molar-refractivity contribution in [1.82, 2.24) is 15.5 Å². The van der Waals surface area contributed by atoms with E-state index in [-0.39, 0.29) is 30.0 Å². The minimum atomic E-state index is -0.953. The zero-order chi connectivity index (χ0) is 22.1. The van der Waals surface area contributed by atoms with Crippen molar-refractivity contribution in [1.29, 1.82) is 0 Å². The molecule has 2 aromatic carbocycles. The molecule has 4 N–H and O–H groups in total. The van der Waals surface area contributed by atoms with E-state index in [9.17, 15) is 19.2 Å². The van der Waals surface area contributed by atoms with E-state index in [1.54, 1.807) is 18.2 Å². The van der Waals surface area contributed by atoms with Crippen LogP contribution in [0.1, 0.15) is 63.2 Å². The second kappa shape index (κ2) is 8.41. The maximum absolute atomic E-state index is 12.9. The van der Waals surface area contributed by atoms with Crippen molar-refractivity contribution in [2.45, 2.75) is 44.9 Å². The number of piperidine rings is 1. The first kappa shape index (κ1) is 20.9. The highest BCUT2D eigenvalue weighted by atomic mass is 16.2. The first-order chi connectivity index (χ1) is 14.8.